The highest BCUT2D eigenvalue weighted by Gasteiger charge is 2.30. The van der Waals surface area contributed by atoms with Crippen LogP contribution in [0.3, 0.4) is 0 Å². The monoisotopic (exact) mass is 425 g/mol. The molecule has 0 N–H and O–H groups in total. The first-order valence-electron chi connectivity index (χ1n) is 10.3. The van der Waals surface area contributed by atoms with Gasteiger partial charge < -0.3 is 9.47 Å². The number of nitrogens with zero attached hydrogens (tertiary/aromatic N) is 3. The average molecular weight is 426 g/mol. The lowest BCUT2D eigenvalue weighted by atomic mass is 9.91. The van der Waals surface area contributed by atoms with Gasteiger partial charge in [0, 0.05) is 49.0 Å². The molecular formula is C23H21ClFN3O2. The Morgan fingerprint density at radius 3 is 2.67 bits per heavy atom. The molecule has 1 atom stereocenters. The van der Waals surface area contributed by atoms with Crippen LogP contribution in [0.4, 0.5) is 4.39 Å². The maximum absolute atomic E-state index is 14.1. The number of benzene rings is 1. The summed E-state index contributed by atoms with van der Waals surface area (Å²) >= 11 is 5.97. The molecule has 154 valence electrons. The summed E-state index contributed by atoms with van der Waals surface area (Å²) in [5.74, 6) is -0.720. The maximum Gasteiger partial charge on any atom is 0.259 e. The Bertz CT molecular complexity index is 1190. The zero-order valence-electron chi connectivity index (χ0n) is 16.4. The molecule has 30 heavy (non-hydrogen) atoms. The molecule has 0 unspecified atom stereocenters. The van der Waals surface area contributed by atoms with Crippen LogP contribution < -0.4 is 5.43 Å². The van der Waals surface area contributed by atoms with E-state index in [1.165, 1.54) is 6.07 Å². The van der Waals surface area contributed by atoms with Crippen molar-refractivity contribution in [2.24, 2.45) is 0 Å². The summed E-state index contributed by atoms with van der Waals surface area (Å²) in [6, 6.07) is 6.81. The zero-order valence-corrected chi connectivity index (χ0v) is 17.1. The van der Waals surface area contributed by atoms with Crippen LogP contribution in [0.2, 0.25) is 5.02 Å². The number of halogens is 2. The van der Waals surface area contributed by atoms with E-state index in [1.807, 2.05) is 16.7 Å². The van der Waals surface area contributed by atoms with Crippen molar-refractivity contribution in [3.8, 4) is 0 Å². The summed E-state index contributed by atoms with van der Waals surface area (Å²) < 4.78 is 16.0. The zero-order chi connectivity index (χ0) is 20.8. The van der Waals surface area contributed by atoms with Gasteiger partial charge in [-0.1, -0.05) is 11.6 Å². The largest absolute Gasteiger partial charge is 0.343 e. The van der Waals surface area contributed by atoms with Crippen LogP contribution in [-0.4, -0.2) is 33.4 Å². The summed E-state index contributed by atoms with van der Waals surface area (Å²) in [5, 5.41) is 0.184. The van der Waals surface area contributed by atoms with Gasteiger partial charge in [-0.05, 0) is 55.5 Å². The third-order valence-electron chi connectivity index (χ3n) is 6.13. The first-order chi connectivity index (χ1) is 14.5. The van der Waals surface area contributed by atoms with Gasteiger partial charge in [0.1, 0.15) is 11.4 Å². The summed E-state index contributed by atoms with van der Waals surface area (Å²) in [7, 11) is 0. The molecular weight excluding hydrogens is 405 g/mol. The summed E-state index contributed by atoms with van der Waals surface area (Å²) in [6.07, 6.45) is 8.95. The molecule has 1 saturated heterocycles. The van der Waals surface area contributed by atoms with Gasteiger partial charge in [-0.15, -0.1) is 0 Å². The molecule has 0 bridgehead atoms. The highest BCUT2D eigenvalue weighted by atomic mass is 35.5. The van der Waals surface area contributed by atoms with Crippen molar-refractivity contribution in [1.29, 1.82) is 0 Å². The van der Waals surface area contributed by atoms with E-state index in [0.29, 0.717) is 18.6 Å². The molecule has 2 aromatic heterocycles. The van der Waals surface area contributed by atoms with E-state index >= 15 is 0 Å². The van der Waals surface area contributed by atoms with Crippen LogP contribution in [0.15, 0.2) is 47.7 Å². The smallest absolute Gasteiger partial charge is 0.259 e. The quantitative estimate of drug-likeness (QED) is 0.618. The van der Waals surface area contributed by atoms with Crippen LogP contribution in [0.5, 0.6) is 0 Å². The second kappa shape index (κ2) is 7.51. The number of carbonyl (C=O) groups is 1. The fourth-order valence-electron chi connectivity index (χ4n) is 4.39. The first-order valence-corrected chi connectivity index (χ1v) is 10.6. The molecule has 5 rings (SSSR count). The van der Waals surface area contributed by atoms with Crippen LogP contribution in [0.25, 0.3) is 10.9 Å². The van der Waals surface area contributed by atoms with Crippen molar-refractivity contribution >= 4 is 28.4 Å². The van der Waals surface area contributed by atoms with E-state index in [1.54, 1.807) is 23.5 Å². The molecule has 5 nitrogen and oxygen atoms in total. The number of hydrogen-bond donors (Lipinski definition) is 0. The molecule has 0 radical (unpaired) electrons. The molecule has 3 aromatic rings. The number of aromatic nitrogens is 2. The minimum atomic E-state index is -0.649. The topological polar surface area (TPSA) is 55.2 Å². The number of fused-ring (bicyclic) bond motifs is 1. The number of carbonyl (C=O) groups excluding carboxylic acids is 1. The number of rotatable bonds is 3. The number of hydrogen-bond acceptors (Lipinski definition) is 3. The summed E-state index contributed by atoms with van der Waals surface area (Å²) in [4.78, 5) is 32.3. The van der Waals surface area contributed by atoms with Gasteiger partial charge in [-0.2, -0.15) is 0 Å². The third kappa shape index (κ3) is 3.39. The van der Waals surface area contributed by atoms with Crippen LogP contribution >= 0.6 is 11.6 Å². The van der Waals surface area contributed by atoms with Gasteiger partial charge in [-0.25, -0.2) is 4.39 Å². The third-order valence-corrected chi connectivity index (χ3v) is 6.42. The lowest BCUT2D eigenvalue weighted by Crippen LogP contribution is -2.41. The van der Waals surface area contributed by atoms with E-state index in [9.17, 15) is 14.0 Å². The van der Waals surface area contributed by atoms with Crippen molar-refractivity contribution in [1.82, 2.24) is 14.5 Å². The van der Waals surface area contributed by atoms with Gasteiger partial charge in [-0.3, -0.25) is 14.6 Å². The van der Waals surface area contributed by atoms with E-state index in [0.717, 1.165) is 37.3 Å². The fourth-order valence-corrected chi connectivity index (χ4v) is 4.55. The normalized spacial score (nSPS) is 19.3. The van der Waals surface area contributed by atoms with Crippen molar-refractivity contribution in [3.63, 3.8) is 0 Å². The molecule has 1 aliphatic carbocycles. The van der Waals surface area contributed by atoms with Crippen LogP contribution in [0.1, 0.15) is 53.6 Å². The second-order valence-electron chi connectivity index (χ2n) is 8.16. The van der Waals surface area contributed by atoms with Crippen molar-refractivity contribution in [2.45, 2.75) is 37.6 Å². The average Bonchev–Trinajstić information content (AvgIpc) is 3.61. The highest BCUT2D eigenvalue weighted by Crippen LogP contribution is 2.38. The predicted molar refractivity (Wildman–Crippen MR) is 114 cm³/mol. The molecule has 1 aliphatic heterocycles. The Labute approximate surface area is 178 Å². The lowest BCUT2D eigenvalue weighted by molar-refractivity contribution is 0.0705. The number of amides is 1. The fraction of sp³-hybridized carbons (Fsp3) is 0.348. The first kappa shape index (κ1) is 19.2. The minimum absolute atomic E-state index is 0.0217. The summed E-state index contributed by atoms with van der Waals surface area (Å²) in [6.45, 7) is 1.16. The van der Waals surface area contributed by atoms with Gasteiger partial charge in [0.25, 0.3) is 5.91 Å². The van der Waals surface area contributed by atoms with Crippen molar-refractivity contribution < 1.29 is 9.18 Å². The molecule has 2 aliphatic rings. The maximum atomic E-state index is 14.1. The molecule has 1 saturated carbocycles. The Morgan fingerprint density at radius 1 is 1.17 bits per heavy atom. The second-order valence-corrected chi connectivity index (χ2v) is 8.57. The highest BCUT2D eigenvalue weighted by molar-refractivity contribution is 6.31. The Kier molecular flexibility index (Phi) is 4.82. The molecule has 1 aromatic carbocycles. The number of piperidine rings is 1. The summed E-state index contributed by atoms with van der Waals surface area (Å²) in [5.41, 5.74) is 1.40. The van der Waals surface area contributed by atoms with Crippen LogP contribution in [0, 0.1) is 5.82 Å². The standard InChI is InChI=1S/C23H21ClFN3O2/c24-19-11-21-17(10-20(19)25)22(29)18(13-28(21)16-3-4-16)23(30)27-9-1-2-15(12-27)14-5-7-26-8-6-14/h5-8,10-11,13,15-16H,1-4,9,12H2/t15-/m1/s1. The van der Waals surface area contributed by atoms with E-state index in [2.05, 4.69) is 4.98 Å². The SMILES string of the molecule is O=C(c1cn(C2CC2)c2cc(Cl)c(F)cc2c1=O)N1CCC[C@@H](c2ccncc2)C1. The van der Waals surface area contributed by atoms with E-state index < -0.39 is 11.2 Å². The molecule has 1 amide bonds. The van der Waals surface area contributed by atoms with E-state index in [-0.39, 0.29) is 33.8 Å². The number of likely N-dealkylation sites (tertiary alicyclic amines) is 1. The van der Waals surface area contributed by atoms with Gasteiger partial charge in [0.05, 0.1) is 10.5 Å². The minimum Gasteiger partial charge on any atom is -0.343 e. The predicted octanol–water partition coefficient (Wildman–Crippen LogP) is 4.54. The van der Waals surface area contributed by atoms with E-state index in [4.69, 9.17) is 11.6 Å². The number of pyridine rings is 2. The Morgan fingerprint density at radius 2 is 1.93 bits per heavy atom. The molecule has 7 heteroatoms. The van der Waals surface area contributed by atoms with Gasteiger partial charge in [0.2, 0.25) is 5.43 Å². The molecule has 2 fully saturated rings. The lowest BCUT2D eigenvalue weighted by Gasteiger charge is -2.33. The Balaban J connectivity index is 1.54. The Hall–Kier alpha value is -2.73. The van der Waals surface area contributed by atoms with Crippen molar-refractivity contribution in [2.75, 3.05) is 13.1 Å². The molecule has 3 heterocycles. The van der Waals surface area contributed by atoms with Gasteiger partial charge >= 0.3 is 0 Å². The molecule has 0 spiro atoms. The van der Waals surface area contributed by atoms with Crippen LogP contribution in [-0.2, 0) is 0 Å². The van der Waals surface area contributed by atoms with Gasteiger partial charge in [0.15, 0.2) is 0 Å². The van der Waals surface area contributed by atoms with Crippen molar-refractivity contribution in [3.05, 3.63) is 75.0 Å².